The lowest BCUT2D eigenvalue weighted by Crippen LogP contribution is -2.42. The van der Waals surface area contributed by atoms with Crippen LogP contribution in [0.5, 0.6) is 11.5 Å². The molecule has 1 aliphatic rings. The van der Waals surface area contributed by atoms with Crippen molar-refractivity contribution in [3.05, 3.63) is 48.3 Å². The monoisotopic (exact) mass is 369 g/mol. The van der Waals surface area contributed by atoms with Crippen LogP contribution in [0.4, 0.5) is 5.69 Å². The zero-order valence-electron chi connectivity index (χ0n) is 15.5. The average Bonchev–Trinajstić information content (AvgIpc) is 3.18. The van der Waals surface area contributed by atoms with Gasteiger partial charge >= 0.3 is 0 Å². The van der Waals surface area contributed by atoms with Crippen molar-refractivity contribution in [3.63, 3.8) is 0 Å². The van der Waals surface area contributed by atoms with Gasteiger partial charge in [-0.25, -0.2) is 0 Å². The Morgan fingerprint density at radius 2 is 2.15 bits per heavy atom. The van der Waals surface area contributed by atoms with Crippen LogP contribution in [0, 0.1) is 0 Å². The summed E-state index contributed by atoms with van der Waals surface area (Å²) in [7, 11) is 1.56. The number of aromatic nitrogens is 1. The summed E-state index contributed by atoms with van der Waals surface area (Å²) in [6.07, 6.45) is 4.94. The summed E-state index contributed by atoms with van der Waals surface area (Å²) in [4.78, 5) is 29.9. The molecule has 1 unspecified atom stereocenters. The third-order valence-electron chi connectivity index (χ3n) is 4.51. The van der Waals surface area contributed by atoms with Gasteiger partial charge in [0.05, 0.1) is 7.11 Å². The van der Waals surface area contributed by atoms with E-state index in [2.05, 4.69) is 10.3 Å². The number of nitrogens with one attached hydrogen (secondary N) is 1. The van der Waals surface area contributed by atoms with Crippen LogP contribution in [0.1, 0.15) is 25.3 Å². The molecule has 7 heteroatoms. The molecule has 1 N–H and O–H groups in total. The maximum Gasteiger partial charge on any atom is 0.247 e. The minimum atomic E-state index is -0.427. The van der Waals surface area contributed by atoms with Crippen molar-refractivity contribution < 1.29 is 19.1 Å². The second kappa shape index (κ2) is 8.53. The number of hydrogen-bond acceptors (Lipinski definition) is 5. The summed E-state index contributed by atoms with van der Waals surface area (Å²) in [5.74, 6) is 0.825. The Hall–Kier alpha value is -3.09. The van der Waals surface area contributed by atoms with E-state index in [1.54, 1.807) is 42.6 Å². The number of benzene rings is 1. The normalized spacial score (nSPS) is 16.1. The molecular formula is C20H23N3O4. The van der Waals surface area contributed by atoms with E-state index in [1.807, 2.05) is 12.1 Å². The average molecular weight is 369 g/mol. The van der Waals surface area contributed by atoms with Crippen LogP contribution >= 0.6 is 0 Å². The van der Waals surface area contributed by atoms with Gasteiger partial charge in [0.25, 0.3) is 0 Å². The fourth-order valence-electron chi connectivity index (χ4n) is 3.15. The second-order valence-corrected chi connectivity index (χ2v) is 6.38. The van der Waals surface area contributed by atoms with Gasteiger partial charge in [0, 0.05) is 43.2 Å². The molecule has 0 aliphatic carbocycles. The third kappa shape index (κ3) is 4.55. The number of carbonyl (C=O) groups is 2. The number of carbonyl (C=O) groups excluding carboxylic acids is 2. The third-order valence-corrected chi connectivity index (χ3v) is 4.51. The SMILES string of the molecule is COc1ccc(NC(=O)C2CCCN2C(C)=O)cc1OCc1cccnc1. The van der Waals surface area contributed by atoms with Crippen LogP contribution in [-0.4, -0.2) is 41.4 Å². The second-order valence-electron chi connectivity index (χ2n) is 6.38. The van der Waals surface area contributed by atoms with Gasteiger partial charge in [0.1, 0.15) is 12.6 Å². The van der Waals surface area contributed by atoms with E-state index in [0.29, 0.717) is 36.8 Å². The molecule has 1 atom stereocenters. The van der Waals surface area contributed by atoms with Crippen molar-refractivity contribution in [2.75, 3.05) is 19.0 Å². The number of rotatable bonds is 6. The molecule has 2 heterocycles. The first-order chi connectivity index (χ1) is 13.1. The first kappa shape index (κ1) is 18.7. The Balaban J connectivity index is 1.70. The Bertz CT molecular complexity index is 810. The largest absolute Gasteiger partial charge is 0.493 e. The molecule has 2 amide bonds. The number of ether oxygens (including phenoxy) is 2. The Morgan fingerprint density at radius 1 is 1.30 bits per heavy atom. The molecular weight excluding hydrogens is 346 g/mol. The number of methoxy groups -OCH3 is 1. The van der Waals surface area contributed by atoms with Crippen LogP contribution in [0.25, 0.3) is 0 Å². The van der Waals surface area contributed by atoms with Crippen molar-refractivity contribution >= 4 is 17.5 Å². The van der Waals surface area contributed by atoms with Crippen molar-refractivity contribution in [3.8, 4) is 11.5 Å². The molecule has 27 heavy (non-hydrogen) atoms. The Kier molecular flexibility index (Phi) is 5.90. The summed E-state index contributed by atoms with van der Waals surface area (Å²) >= 11 is 0. The zero-order chi connectivity index (χ0) is 19.2. The van der Waals surface area contributed by atoms with Gasteiger partial charge in [-0.3, -0.25) is 14.6 Å². The smallest absolute Gasteiger partial charge is 0.247 e. The first-order valence-electron chi connectivity index (χ1n) is 8.86. The Morgan fingerprint density at radius 3 is 2.85 bits per heavy atom. The zero-order valence-corrected chi connectivity index (χ0v) is 15.5. The van der Waals surface area contributed by atoms with Crippen LogP contribution in [-0.2, 0) is 16.2 Å². The van der Waals surface area contributed by atoms with E-state index in [0.717, 1.165) is 12.0 Å². The van der Waals surface area contributed by atoms with Gasteiger partial charge in [0.2, 0.25) is 11.8 Å². The number of anilines is 1. The Labute approximate surface area is 158 Å². The molecule has 0 saturated carbocycles. The molecule has 3 rings (SSSR count). The lowest BCUT2D eigenvalue weighted by molar-refractivity contribution is -0.134. The molecule has 1 aromatic carbocycles. The maximum absolute atomic E-state index is 12.6. The maximum atomic E-state index is 12.6. The minimum absolute atomic E-state index is 0.0807. The van der Waals surface area contributed by atoms with Crippen LogP contribution < -0.4 is 14.8 Å². The number of amides is 2. The van der Waals surface area contributed by atoms with E-state index in [9.17, 15) is 9.59 Å². The standard InChI is InChI=1S/C20H23N3O4/c1-14(24)23-10-4-6-17(23)20(25)22-16-7-8-18(26-2)19(11-16)27-13-15-5-3-9-21-12-15/h3,5,7-9,11-12,17H,4,6,10,13H2,1-2H3,(H,22,25). The van der Waals surface area contributed by atoms with E-state index < -0.39 is 6.04 Å². The van der Waals surface area contributed by atoms with E-state index in [1.165, 1.54) is 6.92 Å². The number of hydrogen-bond donors (Lipinski definition) is 1. The van der Waals surface area contributed by atoms with Gasteiger partial charge in [-0.2, -0.15) is 0 Å². The van der Waals surface area contributed by atoms with Gasteiger partial charge in [-0.1, -0.05) is 6.07 Å². The van der Waals surface area contributed by atoms with E-state index >= 15 is 0 Å². The van der Waals surface area contributed by atoms with E-state index in [4.69, 9.17) is 9.47 Å². The van der Waals surface area contributed by atoms with Crippen molar-refractivity contribution in [1.29, 1.82) is 0 Å². The molecule has 1 saturated heterocycles. The summed E-state index contributed by atoms with van der Waals surface area (Å²) in [5, 5.41) is 2.88. The predicted molar refractivity (Wildman–Crippen MR) is 101 cm³/mol. The molecule has 0 radical (unpaired) electrons. The van der Waals surface area contributed by atoms with Gasteiger partial charge in [-0.05, 0) is 31.0 Å². The first-order valence-corrected chi connectivity index (χ1v) is 8.86. The molecule has 142 valence electrons. The minimum Gasteiger partial charge on any atom is -0.493 e. The summed E-state index contributed by atoms with van der Waals surface area (Å²) in [6, 6.07) is 8.55. The molecule has 2 aromatic rings. The lowest BCUT2D eigenvalue weighted by Gasteiger charge is -2.22. The highest BCUT2D eigenvalue weighted by Crippen LogP contribution is 2.31. The van der Waals surface area contributed by atoms with Crippen LogP contribution in [0.15, 0.2) is 42.7 Å². The highest BCUT2D eigenvalue weighted by atomic mass is 16.5. The summed E-state index contributed by atoms with van der Waals surface area (Å²) in [6.45, 7) is 2.45. The van der Waals surface area contributed by atoms with Crippen LogP contribution in [0.3, 0.4) is 0 Å². The molecule has 7 nitrogen and oxygen atoms in total. The molecule has 0 spiro atoms. The molecule has 0 bridgehead atoms. The highest BCUT2D eigenvalue weighted by Gasteiger charge is 2.32. The number of pyridine rings is 1. The topological polar surface area (TPSA) is 80.8 Å². The molecule has 1 aromatic heterocycles. The quantitative estimate of drug-likeness (QED) is 0.847. The summed E-state index contributed by atoms with van der Waals surface area (Å²) in [5.41, 5.74) is 1.52. The van der Waals surface area contributed by atoms with Gasteiger partial charge < -0.3 is 19.7 Å². The fraction of sp³-hybridized carbons (Fsp3) is 0.350. The van der Waals surface area contributed by atoms with E-state index in [-0.39, 0.29) is 11.8 Å². The summed E-state index contributed by atoms with van der Waals surface area (Å²) < 4.78 is 11.2. The molecule has 1 fully saturated rings. The number of likely N-dealkylation sites (tertiary alicyclic amines) is 1. The molecule has 1 aliphatic heterocycles. The van der Waals surface area contributed by atoms with Crippen molar-refractivity contribution in [2.24, 2.45) is 0 Å². The fourth-order valence-corrected chi connectivity index (χ4v) is 3.15. The number of nitrogens with zero attached hydrogens (tertiary/aromatic N) is 2. The van der Waals surface area contributed by atoms with Gasteiger partial charge in [-0.15, -0.1) is 0 Å². The highest BCUT2D eigenvalue weighted by molar-refractivity contribution is 5.97. The predicted octanol–water partition coefficient (Wildman–Crippen LogP) is 2.62. The lowest BCUT2D eigenvalue weighted by atomic mass is 10.2. The van der Waals surface area contributed by atoms with Crippen LogP contribution in [0.2, 0.25) is 0 Å². The van der Waals surface area contributed by atoms with Crippen molar-refractivity contribution in [2.45, 2.75) is 32.4 Å². The van der Waals surface area contributed by atoms with Gasteiger partial charge in [0.15, 0.2) is 11.5 Å². The van der Waals surface area contributed by atoms with Crippen molar-refractivity contribution in [1.82, 2.24) is 9.88 Å².